The molecule has 0 bridgehead atoms. The number of nitrogens with zero attached hydrogens (tertiary/aromatic N) is 2. The number of nitrogens with one attached hydrogen (secondary N) is 1. The standard InChI is InChI=1S/C24H31Cl2N3O5S/c1-6-22(24(31)27-16(2)3)28(14-17-7-12-20(25)21(26)13-17)23(30)15-29(35(5,32)33)18-8-10-19(34-4)11-9-18/h7-13,16,22H,6,14-15H2,1-5H3,(H,27,31)/t22-/m1/s1. The zero-order valence-electron chi connectivity index (χ0n) is 20.4. The van der Waals surface area contributed by atoms with Gasteiger partial charge in [0.15, 0.2) is 0 Å². The Morgan fingerprint density at radius 3 is 2.17 bits per heavy atom. The third-order valence-corrected chi connectivity index (χ3v) is 7.07. The lowest BCUT2D eigenvalue weighted by Gasteiger charge is -2.33. The summed E-state index contributed by atoms with van der Waals surface area (Å²) >= 11 is 12.2. The smallest absolute Gasteiger partial charge is 0.244 e. The van der Waals surface area contributed by atoms with Crippen LogP contribution in [0.5, 0.6) is 5.75 Å². The molecule has 0 heterocycles. The zero-order valence-corrected chi connectivity index (χ0v) is 22.7. The van der Waals surface area contributed by atoms with Crippen LogP contribution in [-0.2, 0) is 26.2 Å². The summed E-state index contributed by atoms with van der Waals surface area (Å²) in [6.45, 7) is 4.99. The number of hydrogen-bond donors (Lipinski definition) is 1. The third-order valence-electron chi connectivity index (χ3n) is 5.19. The number of anilines is 1. The quantitative estimate of drug-likeness (QED) is 0.460. The van der Waals surface area contributed by atoms with Crippen molar-refractivity contribution < 1.29 is 22.7 Å². The Hall–Kier alpha value is -2.49. The first-order chi connectivity index (χ1) is 16.4. The largest absolute Gasteiger partial charge is 0.497 e. The highest BCUT2D eigenvalue weighted by molar-refractivity contribution is 7.92. The molecule has 1 atom stereocenters. The molecule has 0 saturated carbocycles. The first-order valence-corrected chi connectivity index (χ1v) is 13.6. The van der Waals surface area contributed by atoms with E-state index < -0.39 is 28.5 Å². The average molecular weight is 545 g/mol. The second kappa shape index (κ2) is 12.5. The van der Waals surface area contributed by atoms with Gasteiger partial charge >= 0.3 is 0 Å². The molecule has 2 aromatic rings. The number of carbonyl (C=O) groups excluding carboxylic acids is 2. The summed E-state index contributed by atoms with van der Waals surface area (Å²) in [4.78, 5) is 27.9. The van der Waals surface area contributed by atoms with Gasteiger partial charge in [-0.05, 0) is 62.2 Å². The minimum absolute atomic E-state index is 0.0416. The summed E-state index contributed by atoms with van der Waals surface area (Å²) < 4.78 is 31.4. The lowest BCUT2D eigenvalue weighted by atomic mass is 10.1. The zero-order chi connectivity index (χ0) is 26.3. The van der Waals surface area contributed by atoms with E-state index in [4.69, 9.17) is 27.9 Å². The summed E-state index contributed by atoms with van der Waals surface area (Å²) in [5.41, 5.74) is 0.953. The minimum atomic E-state index is -3.82. The first kappa shape index (κ1) is 28.7. The SMILES string of the molecule is CC[C@H](C(=O)NC(C)C)N(Cc1ccc(Cl)c(Cl)c1)C(=O)CN(c1ccc(OC)cc1)S(C)(=O)=O. The second-order valence-corrected chi connectivity index (χ2v) is 11.0. The number of halogens is 2. The molecule has 0 aromatic heterocycles. The molecule has 1 N–H and O–H groups in total. The Morgan fingerprint density at radius 2 is 1.69 bits per heavy atom. The molecular weight excluding hydrogens is 513 g/mol. The van der Waals surface area contributed by atoms with Crippen molar-refractivity contribution in [1.29, 1.82) is 0 Å². The Kier molecular flexibility index (Phi) is 10.2. The molecule has 0 saturated heterocycles. The molecule has 2 amide bonds. The van der Waals surface area contributed by atoms with Crippen LogP contribution in [0.4, 0.5) is 5.69 Å². The summed E-state index contributed by atoms with van der Waals surface area (Å²) in [6, 6.07) is 10.3. The van der Waals surface area contributed by atoms with E-state index in [1.54, 1.807) is 49.4 Å². The molecular formula is C24H31Cl2N3O5S. The summed E-state index contributed by atoms with van der Waals surface area (Å²) in [5, 5.41) is 3.51. The van der Waals surface area contributed by atoms with Gasteiger partial charge in [0.05, 0.1) is 29.1 Å². The molecule has 0 spiro atoms. The molecule has 192 valence electrons. The van der Waals surface area contributed by atoms with Crippen molar-refractivity contribution in [3.8, 4) is 5.75 Å². The normalized spacial score (nSPS) is 12.2. The summed E-state index contributed by atoms with van der Waals surface area (Å²) in [6.07, 6.45) is 1.35. The first-order valence-electron chi connectivity index (χ1n) is 11.0. The van der Waals surface area contributed by atoms with Crippen LogP contribution in [0.1, 0.15) is 32.8 Å². The maximum Gasteiger partial charge on any atom is 0.244 e. The van der Waals surface area contributed by atoms with Crippen molar-refractivity contribution in [1.82, 2.24) is 10.2 Å². The van der Waals surface area contributed by atoms with Crippen LogP contribution < -0.4 is 14.4 Å². The Balaban J connectivity index is 2.45. The van der Waals surface area contributed by atoms with Gasteiger partial charge in [0, 0.05) is 12.6 Å². The van der Waals surface area contributed by atoms with Gasteiger partial charge in [-0.25, -0.2) is 8.42 Å². The van der Waals surface area contributed by atoms with E-state index >= 15 is 0 Å². The fraction of sp³-hybridized carbons (Fsp3) is 0.417. The molecule has 0 radical (unpaired) electrons. The van der Waals surface area contributed by atoms with Crippen LogP contribution in [-0.4, -0.2) is 57.1 Å². The second-order valence-electron chi connectivity index (χ2n) is 8.33. The van der Waals surface area contributed by atoms with E-state index in [9.17, 15) is 18.0 Å². The van der Waals surface area contributed by atoms with Gasteiger partial charge in [-0.3, -0.25) is 13.9 Å². The maximum absolute atomic E-state index is 13.6. The third kappa shape index (κ3) is 8.02. The lowest BCUT2D eigenvalue weighted by molar-refractivity contribution is -0.140. The van der Waals surface area contributed by atoms with E-state index in [1.165, 1.54) is 12.0 Å². The van der Waals surface area contributed by atoms with Crippen molar-refractivity contribution in [3.05, 3.63) is 58.1 Å². The van der Waals surface area contributed by atoms with E-state index in [0.717, 1.165) is 10.6 Å². The van der Waals surface area contributed by atoms with Crippen LogP contribution in [0.2, 0.25) is 10.0 Å². The monoisotopic (exact) mass is 543 g/mol. The molecule has 0 unspecified atom stereocenters. The van der Waals surface area contributed by atoms with Crippen LogP contribution in [0, 0.1) is 0 Å². The Labute approximate surface area is 217 Å². The highest BCUT2D eigenvalue weighted by Crippen LogP contribution is 2.25. The topological polar surface area (TPSA) is 96.0 Å². The number of sulfonamides is 1. The lowest BCUT2D eigenvalue weighted by Crippen LogP contribution is -2.53. The van der Waals surface area contributed by atoms with E-state index in [2.05, 4.69) is 5.32 Å². The van der Waals surface area contributed by atoms with Gasteiger partial charge in [-0.15, -0.1) is 0 Å². The van der Waals surface area contributed by atoms with Crippen molar-refractivity contribution in [2.75, 3.05) is 24.2 Å². The number of ether oxygens (including phenoxy) is 1. The predicted octanol–water partition coefficient (Wildman–Crippen LogP) is 4.10. The highest BCUT2D eigenvalue weighted by atomic mass is 35.5. The van der Waals surface area contributed by atoms with Crippen LogP contribution in [0.25, 0.3) is 0 Å². The molecule has 2 rings (SSSR count). The van der Waals surface area contributed by atoms with Gasteiger partial charge in [0.25, 0.3) is 0 Å². The number of amides is 2. The summed E-state index contributed by atoms with van der Waals surface area (Å²) in [5.74, 6) is -0.319. The van der Waals surface area contributed by atoms with E-state index in [-0.39, 0.29) is 18.5 Å². The molecule has 0 fully saturated rings. The van der Waals surface area contributed by atoms with Crippen molar-refractivity contribution in [3.63, 3.8) is 0 Å². The number of hydrogen-bond acceptors (Lipinski definition) is 5. The molecule has 0 aliphatic heterocycles. The van der Waals surface area contributed by atoms with Crippen molar-refractivity contribution >= 4 is 50.7 Å². The van der Waals surface area contributed by atoms with Gasteiger partial charge in [0.2, 0.25) is 21.8 Å². The molecule has 35 heavy (non-hydrogen) atoms. The number of methoxy groups -OCH3 is 1. The molecule has 11 heteroatoms. The molecule has 0 aliphatic carbocycles. The van der Waals surface area contributed by atoms with E-state index in [1.807, 2.05) is 13.8 Å². The predicted molar refractivity (Wildman–Crippen MR) is 140 cm³/mol. The molecule has 2 aromatic carbocycles. The highest BCUT2D eigenvalue weighted by Gasteiger charge is 2.32. The Bertz CT molecular complexity index is 1140. The van der Waals surface area contributed by atoms with Crippen LogP contribution in [0.15, 0.2) is 42.5 Å². The summed E-state index contributed by atoms with van der Waals surface area (Å²) in [7, 11) is -2.32. The van der Waals surface area contributed by atoms with Gasteiger partial charge in [0.1, 0.15) is 18.3 Å². The van der Waals surface area contributed by atoms with Crippen molar-refractivity contribution in [2.24, 2.45) is 0 Å². The molecule has 0 aliphatic rings. The van der Waals surface area contributed by atoms with Gasteiger partial charge in [-0.2, -0.15) is 0 Å². The van der Waals surface area contributed by atoms with Crippen LogP contribution >= 0.6 is 23.2 Å². The Morgan fingerprint density at radius 1 is 1.06 bits per heavy atom. The number of benzene rings is 2. The molecule has 8 nitrogen and oxygen atoms in total. The van der Waals surface area contributed by atoms with Crippen molar-refractivity contribution in [2.45, 2.75) is 45.8 Å². The van der Waals surface area contributed by atoms with Crippen LogP contribution in [0.3, 0.4) is 0 Å². The fourth-order valence-corrected chi connectivity index (χ4v) is 4.67. The number of rotatable bonds is 11. The number of carbonyl (C=O) groups is 2. The van der Waals surface area contributed by atoms with E-state index in [0.29, 0.717) is 33.5 Å². The van der Waals surface area contributed by atoms with Gasteiger partial charge in [-0.1, -0.05) is 36.2 Å². The van der Waals surface area contributed by atoms with Gasteiger partial charge < -0.3 is 15.0 Å². The fourth-order valence-electron chi connectivity index (χ4n) is 3.50. The minimum Gasteiger partial charge on any atom is -0.497 e. The maximum atomic E-state index is 13.6. The average Bonchev–Trinajstić information content (AvgIpc) is 2.78.